The van der Waals surface area contributed by atoms with Crippen LogP contribution in [0.15, 0.2) is 0 Å². The number of hydrogen-bond acceptors (Lipinski definition) is 5. The van der Waals surface area contributed by atoms with Crippen LogP contribution in [-0.4, -0.2) is 49.1 Å². The van der Waals surface area contributed by atoms with Gasteiger partial charge in [-0.05, 0) is 32.4 Å². The van der Waals surface area contributed by atoms with Crippen molar-refractivity contribution in [3.8, 4) is 0 Å². The van der Waals surface area contributed by atoms with Gasteiger partial charge >= 0.3 is 12.4 Å². The van der Waals surface area contributed by atoms with Crippen LogP contribution in [0.3, 0.4) is 0 Å². The molecule has 0 saturated heterocycles. The Morgan fingerprint density at radius 1 is 0.818 bits per heavy atom. The Labute approximate surface area is 122 Å². The summed E-state index contributed by atoms with van der Waals surface area (Å²) in [6, 6.07) is -3.36. The molecule has 0 aromatic carbocycles. The number of nitrogens with two attached hydrogens (primary N) is 2. The van der Waals surface area contributed by atoms with Gasteiger partial charge in [-0.25, -0.2) is 0 Å². The highest BCUT2D eigenvalue weighted by atomic mass is 19.4. The molecule has 0 radical (unpaired) electrons. The van der Waals surface area contributed by atoms with E-state index >= 15 is 0 Å². The Kier molecular flexibility index (Phi) is 7.98. The van der Waals surface area contributed by atoms with E-state index in [-0.39, 0.29) is 32.4 Å². The van der Waals surface area contributed by atoms with Gasteiger partial charge in [-0.15, -0.1) is 0 Å². The van der Waals surface area contributed by atoms with Gasteiger partial charge < -0.3 is 16.8 Å². The number of hydrogen-bond donors (Lipinski definition) is 3. The molecule has 2 atom stereocenters. The quantitative estimate of drug-likeness (QED) is 0.424. The monoisotopic (exact) mass is 337 g/mol. The summed E-state index contributed by atoms with van der Waals surface area (Å²) in [6.45, 7) is 0.108. The third-order valence-electron chi connectivity index (χ3n) is 2.73. The van der Waals surface area contributed by atoms with Crippen LogP contribution in [0.2, 0.25) is 0 Å². The van der Waals surface area contributed by atoms with Gasteiger partial charge in [0.25, 0.3) is 11.6 Å². The van der Waals surface area contributed by atoms with Gasteiger partial charge in [0.15, 0.2) is 0 Å². The second-order valence-electron chi connectivity index (χ2n) is 4.62. The van der Waals surface area contributed by atoms with Crippen LogP contribution in [0.25, 0.3) is 0 Å². The number of rotatable bonds is 9. The molecule has 0 bridgehead atoms. The highest BCUT2D eigenvalue weighted by Gasteiger charge is 2.42. The lowest BCUT2D eigenvalue weighted by Crippen LogP contribution is -2.42. The van der Waals surface area contributed by atoms with Crippen molar-refractivity contribution in [2.75, 3.05) is 13.1 Å². The van der Waals surface area contributed by atoms with E-state index in [4.69, 9.17) is 11.5 Å². The van der Waals surface area contributed by atoms with Crippen LogP contribution in [0.4, 0.5) is 26.3 Å². The Balaban J connectivity index is 3.84. The number of nitrogens with one attached hydrogen (secondary N) is 1. The molecule has 0 amide bonds. The van der Waals surface area contributed by atoms with E-state index in [1.807, 2.05) is 0 Å². The minimum atomic E-state index is -5.00. The molecule has 5 N–H and O–H groups in total. The Bertz CT molecular complexity index is 347. The topological polar surface area (TPSA) is 98.2 Å². The molecule has 11 heteroatoms. The highest BCUT2D eigenvalue weighted by molar-refractivity contribution is 5.89. The Hall–Kier alpha value is -1.20. The minimum Gasteiger partial charge on any atom is -0.321 e. The molecule has 0 aliphatic carbocycles. The lowest BCUT2D eigenvalue weighted by atomic mass is 10.1. The summed E-state index contributed by atoms with van der Waals surface area (Å²) in [4.78, 5) is 21.4. The molecule has 22 heavy (non-hydrogen) atoms. The van der Waals surface area contributed by atoms with Gasteiger partial charge in [0.1, 0.15) is 0 Å². The van der Waals surface area contributed by atoms with E-state index in [1.165, 1.54) is 0 Å². The first-order chi connectivity index (χ1) is 9.87. The number of alkyl halides is 6. The fourth-order valence-electron chi connectivity index (χ4n) is 1.51. The van der Waals surface area contributed by atoms with E-state index in [1.54, 1.807) is 0 Å². The van der Waals surface area contributed by atoms with Crippen LogP contribution >= 0.6 is 0 Å². The average molecular weight is 337 g/mol. The van der Waals surface area contributed by atoms with Gasteiger partial charge in [-0.3, -0.25) is 9.59 Å². The van der Waals surface area contributed by atoms with E-state index < -0.39 is 36.0 Å². The smallest absolute Gasteiger partial charge is 0.321 e. The maximum atomic E-state index is 12.0. The average Bonchev–Trinajstić information content (AvgIpc) is 2.38. The highest BCUT2D eigenvalue weighted by Crippen LogP contribution is 2.19. The van der Waals surface area contributed by atoms with Crippen LogP contribution in [0.5, 0.6) is 0 Å². The lowest BCUT2D eigenvalue weighted by Gasteiger charge is -2.14. The van der Waals surface area contributed by atoms with Crippen molar-refractivity contribution in [2.24, 2.45) is 11.5 Å². The number of carbonyl (C=O) groups is 2. The fraction of sp³-hybridized carbons (Fsp3) is 0.818. The normalized spacial score (nSPS) is 15.5. The third-order valence-corrected chi connectivity index (χ3v) is 2.73. The molecule has 0 aromatic rings. The van der Waals surface area contributed by atoms with Crippen LogP contribution in [-0.2, 0) is 9.59 Å². The van der Waals surface area contributed by atoms with E-state index in [0.29, 0.717) is 0 Å². The summed E-state index contributed by atoms with van der Waals surface area (Å²) in [5.74, 6) is -4.06. The fourth-order valence-corrected chi connectivity index (χ4v) is 1.51. The molecule has 0 fully saturated rings. The molecule has 0 rings (SSSR count). The van der Waals surface area contributed by atoms with Gasteiger partial charge in [0.05, 0.1) is 12.1 Å². The van der Waals surface area contributed by atoms with E-state index in [2.05, 4.69) is 5.32 Å². The summed E-state index contributed by atoms with van der Waals surface area (Å²) < 4.78 is 72.0. The molecular formula is C11H17F6N3O2. The molecule has 0 spiro atoms. The Morgan fingerprint density at radius 3 is 1.64 bits per heavy atom. The molecule has 0 saturated carbocycles. The molecule has 130 valence electrons. The second-order valence-corrected chi connectivity index (χ2v) is 4.62. The van der Waals surface area contributed by atoms with Crippen LogP contribution < -0.4 is 16.8 Å². The minimum absolute atomic E-state index is 0.0224. The van der Waals surface area contributed by atoms with Crippen molar-refractivity contribution in [2.45, 2.75) is 43.7 Å². The van der Waals surface area contributed by atoms with Gasteiger partial charge in [-0.1, -0.05) is 0 Å². The second kappa shape index (κ2) is 8.44. The molecule has 0 aliphatic rings. The standard InChI is InChI=1S/C11H17F6N3O2/c12-10(13,14)8(21)6(18)2-1-4-20-5-3-7(19)9(22)11(15,16)17/h6-7,20H,1-5,18-19H2. The molecule has 0 aromatic heterocycles. The van der Waals surface area contributed by atoms with Crippen LogP contribution in [0.1, 0.15) is 19.3 Å². The first kappa shape index (κ1) is 20.8. The number of halogens is 6. The van der Waals surface area contributed by atoms with Gasteiger partial charge in [0.2, 0.25) is 0 Å². The van der Waals surface area contributed by atoms with Crippen molar-refractivity contribution in [1.82, 2.24) is 5.32 Å². The number of carbonyl (C=O) groups excluding carboxylic acids is 2. The maximum absolute atomic E-state index is 12.0. The Morgan fingerprint density at radius 2 is 1.23 bits per heavy atom. The van der Waals surface area contributed by atoms with Crippen molar-refractivity contribution >= 4 is 11.6 Å². The predicted octanol–water partition coefficient (Wildman–Crippen LogP) is 0.664. The van der Waals surface area contributed by atoms with Crippen molar-refractivity contribution in [3.05, 3.63) is 0 Å². The van der Waals surface area contributed by atoms with Gasteiger partial charge in [0, 0.05) is 0 Å². The first-order valence-electron chi connectivity index (χ1n) is 6.31. The third kappa shape index (κ3) is 7.71. The summed E-state index contributed by atoms with van der Waals surface area (Å²) >= 11 is 0. The number of ketones is 2. The number of Topliss-reactive ketones (excluding diaryl/α,β-unsaturated/α-hetero) is 2. The maximum Gasteiger partial charge on any atom is 0.451 e. The zero-order valence-electron chi connectivity index (χ0n) is 11.4. The van der Waals surface area contributed by atoms with Crippen LogP contribution in [0, 0.1) is 0 Å². The molecule has 0 aliphatic heterocycles. The van der Waals surface area contributed by atoms with Crippen molar-refractivity contribution < 1.29 is 35.9 Å². The predicted molar refractivity (Wildman–Crippen MR) is 64.8 cm³/mol. The first-order valence-corrected chi connectivity index (χ1v) is 6.31. The van der Waals surface area contributed by atoms with Crippen molar-refractivity contribution in [3.63, 3.8) is 0 Å². The van der Waals surface area contributed by atoms with E-state index in [9.17, 15) is 35.9 Å². The largest absolute Gasteiger partial charge is 0.451 e. The summed E-state index contributed by atoms with van der Waals surface area (Å²) in [7, 11) is 0. The summed E-state index contributed by atoms with van der Waals surface area (Å²) in [5, 5.41) is 2.61. The SMILES string of the molecule is NC(CCCNCCC(N)C(=O)C(F)(F)F)C(=O)C(F)(F)F. The van der Waals surface area contributed by atoms with E-state index in [0.717, 1.165) is 0 Å². The molecule has 2 unspecified atom stereocenters. The van der Waals surface area contributed by atoms with Crippen molar-refractivity contribution in [1.29, 1.82) is 0 Å². The summed E-state index contributed by atoms with van der Waals surface area (Å²) in [6.07, 6.45) is -10.4. The molecule has 0 heterocycles. The zero-order valence-corrected chi connectivity index (χ0v) is 11.4. The van der Waals surface area contributed by atoms with Gasteiger partial charge in [-0.2, -0.15) is 26.3 Å². The zero-order chi connectivity index (χ0) is 17.6. The summed E-state index contributed by atoms with van der Waals surface area (Å²) in [5.41, 5.74) is 10.1. The lowest BCUT2D eigenvalue weighted by molar-refractivity contribution is -0.172. The molecular weight excluding hydrogens is 320 g/mol. The molecule has 5 nitrogen and oxygen atoms in total.